The fraction of sp³-hybridized carbons (Fsp3) is 0.529. The fourth-order valence-corrected chi connectivity index (χ4v) is 3.80. The quantitative estimate of drug-likeness (QED) is 0.876. The molecule has 1 aromatic carbocycles. The lowest BCUT2D eigenvalue weighted by Crippen LogP contribution is -2.20. The van der Waals surface area contributed by atoms with Gasteiger partial charge in [-0.25, -0.2) is 4.98 Å². The van der Waals surface area contributed by atoms with E-state index < -0.39 is 0 Å². The van der Waals surface area contributed by atoms with Gasteiger partial charge in [0.15, 0.2) is 11.5 Å². The number of aromatic nitrogens is 2. The molecule has 5 nitrogen and oxygen atoms in total. The van der Waals surface area contributed by atoms with Crippen LogP contribution in [0, 0.1) is 0 Å². The van der Waals surface area contributed by atoms with Crippen molar-refractivity contribution in [2.45, 2.75) is 44.6 Å². The van der Waals surface area contributed by atoms with Gasteiger partial charge in [0.05, 0.1) is 22.6 Å². The summed E-state index contributed by atoms with van der Waals surface area (Å²) >= 11 is 5.16. The molecule has 0 unspecified atom stereocenters. The average Bonchev–Trinajstić information content (AvgIpc) is 2.91. The number of nitrogens with zero attached hydrogens (tertiary/aromatic N) is 2. The van der Waals surface area contributed by atoms with Crippen LogP contribution in [0.15, 0.2) is 12.1 Å². The largest absolute Gasteiger partial charge is 0.486 e. The van der Waals surface area contributed by atoms with Gasteiger partial charge in [0.2, 0.25) is 0 Å². The van der Waals surface area contributed by atoms with Crippen LogP contribution in [0.4, 0.5) is 0 Å². The van der Waals surface area contributed by atoms with Crippen molar-refractivity contribution in [1.29, 1.82) is 0 Å². The minimum Gasteiger partial charge on any atom is -0.486 e. The summed E-state index contributed by atoms with van der Waals surface area (Å²) in [4.78, 5) is 5.39. The van der Waals surface area contributed by atoms with Gasteiger partial charge in [-0.3, -0.25) is 0 Å². The Balaban J connectivity index is 1.84. The predicted octanol–water partition coefficient (Wildman–Crippen LogP) is 3.14. The summed E-state index contributed by atoms with van der Waals surface area (Å²) in [7, 11) is 0. The van der Waals surface area contributed by atoms with Crippen LogP contribution in [0.2, 0.25) is 0 Å². The molecule has 1 saturated carbocycles. The second-order valence-corrected chi connectivity index (χ2v) is 6.87. The molecule has 23 heavy (non-hydrogen) atoms. The second kappa shape index (κ2) is 6.00. The highest BCUT2D eigenvalue weighted by Crippen LogP contribution is 2.38. The number of hydrogen-bond donors (Lipinski definition) is 1. The molecular weight excluding hydrogens is 310 g/mol. The molecule has 2 aromatic rings. The van der Waals surface area contributed by atoms with Crippen LogP contribution in [-0.2, 0) is 6.54 Å². The summed E-state index contributed by atoms with van der Waals surface area (Å²) in [6.45, 7) is 1.69. The van der Waals surface area contributed by atoms with E-state index in [9.17, 15) is 0 Å². The summed E-state index contributed by atoms with van der Waals surface area (Å²) in [5.74, 6) is 3.15. The smallest absolute Gasteiger partial charge is 0.163 e. The third-order valence-electron chi connectivity index (χ3n) is 4.73. The van der Waals surface area contributed by atoms with E-state index in [1.165, 1.54) is 32.1 Å². The van der Waals surface area contributed by atoms with Crippen molar-refractivity contribution in [3.05, 3.63) is 18.0 Å². The van der Waals surface area contributed by atoms with Gasteiger partial charge in [-0.05, 0) is 12.8 Å². The Labute approximate surface area is 140 Å². The molecule has 0 spiro atoms. The third-order valence-corrected chi connectivity index (χ3v) is 4.86. The van der Waals surface area contributed by atoms with E-state index in [1.807, 2.05) is 12.1 Å². The lowest BCUT2D eigenvalue weighted by Gasteiger charge is -2.22. The molecule has 1 fully saturated rings. The highest BCUT2D eigenvalue weighted by molar-refractivity contribution is 7.80. The molecule has 1 aliphatic carbocycles. The normalized spacial score (nSPS) is 18.3. The lowest BCUT2D eigenvalue weighted by atomic mass is 9.88. The number of rotatable bonds is 3. The van der Waals surface area contributed by atoms with Gasteiger partial charge < -0.3 is 19.8 Å². The summed E-state index contributed by atoms with van der Waals surface area (Å²) in [5.41, 5.74) is 7.80. The number of thiocarbonyl (C=S) groups is 1. The standard InChI is InChI=1S/C17H21N3O2S/c18-16(23)10-20-13-9-15-14(21-6-7-22-15)8-12(13)19-17(20)11-4-2-1-3-5-11/h8-9,11H,1-7,10H2,(H2,18,23). The van der Waals surface area contributed by atoms with Crippen LogP contribution in [0.25, 0.3) is 11.0 Å². The van der Waals surface area contributed by atoms with E-state index in [1.54, 1.807) is 0 Å². The highest BCUT2D eigenvalue weighted by Gasteiger charge is 2.24. The van der Waals surface area contributed by atoms with Crippen LogP contribution in [0.5, 0.6) is 11.5 Å². The van der Waals surface area contributed by atoms with E-state index in [4.69, 9.17) is 32.4 Å². The lowest BCUT2D eigenvalue weighted by molar-refractivity contribution is 0.172. The maximum Gasteiger partial charge on any atom is 0.163 e. The van der Waals surface area contributed by atoms with Gasteiger partial charge in [-0.1, -0.05) is 31.5 Å². The number of nitrogens with two attached hydrogens (primary N) is 1. The molecule has 1 aliphatic heterocycles. The van der Waals surface area contributed by atoms with E-state index in [0.29, 0.717) is 30.7 Å². The molecule has 2 aliphatic rings. The van der Waals surface area contributed by atoms with E-state index in [0.717, 1.165) is 28.4 Å². The Morgan fingerprint density at radius 3 is 2.57 bits per heavy atom. The Morgan fingerprint density at radius 2 is 1.87 bits per heavy atom. The van der Waals surface area contributed by atoms with Crippen LogP contribution >= 0.6 is 12.2 Å². The zero-order chi connectivity index (χ0) is 15.8. The number of benzene rings is 1. The highest BCUT2D eigenvalue weighted by atomic mass is 32.1. The zero-order valence-electron chi connectivity index (χ0n) is 13.1. The topological polar surface area (TPSA) is 62.3 Å². The summed E-state index contributed by atoms with van der Waals surface area (Å²) in [6, 6.07) is 3.99. The Bertz CT molecular complexity index is 750. The molecule has 2 heterocycles. The minimum absolute atomic E-state index is 0.483. The van der Waals surface area contributed by atoms with Crippen molar-refractivity contribution < 1.29 is 9.47 Å². The van der Waals surface area contributed by atoms with Crippen LogP contribution in [0.3, 0.4) is 0 Å². The summed E-state index contributed by atoms with van der Waals surface area (Å²) in [5, 5.41) is 0. The molecule has 122 valence electrons. The number of fused-ring (bicyclic) bond motifs is 2. The Morgan fingerprint density at radius 1 is 1.17 bits per heavy atom. The predicted molar refractivity (Wildman–Crippen MR) is 93.3 cm³/mol. The van der Waals surface area contributed by atoms with Gasteiger partial charge in [0.1, 0.15) is 19.0 Å². The molecule has 0 radical (unpaired) electrons. The van der Waals surface area contributed by atoms with Crippen molar-refractivity contribution in [2.75, 3.05) is 13.2 Å². The third kappa shape index (κ3) is 2.76. The fourth-order valence-electron chi connectivity index (χ4n) is 3.67. The molecule has 0 saturated heterocycles. The minimum atomic E-state index is 0.483. The van der Waals surface area contributed by atoms with Gasteiger partial charge >= 0.3 is 0 Å². The van der Waals surface area contributed by atoms with Gasteiger partial charge in [0, 0.05) is 18.1 Å². The van der Waals surface area contributed by atoms with Crippen LogP contribution in [0.1, 0.15) is 43.8 Å². The van der Waals surface area contributed by atoms with E-state index in [2.05, 4.69) is 4.57 Å². The van der Waals surface area contributed by atoms with E-state index >= 15 is 0 Å². The first kappa shape index (κ1) is 14.8. The molecule has 0 atom stereocenters. The van der Waals surface area contributed by atoms with Crippen molar-refractivity contribution in [3.63, 3.8) is 0 Å². The first-order chi connectivity index (χ1) is 11.2. The van der Waals surface area contributed by atoms with Crippen molar-refractivity contribution >= 4 is 28.2 Å². The van der Waals surface area contributed by atoms with Gasteiger partial charge in [-0.15, -0.1) is 0 Å². The maximum absolute atomic E-state index is 5.84. The molecule has 0 amide bonds. The van der Waals surface area contributed by atoms with Gasteiger partial charge in [-0.2, -0.15) is 0 Å². The number of ether oxygens (including phenoxy) is 2. The van der Waals surface area contributed by atoms with Gasteiger partial charge in [0.25, 0.3) is 0 Å². The summed E-state index contributed by atoms with van der Waals surface area (Å²) in [6.07, 6.45) is 6.23. The average molecular weight is 331 g/mol. The summed E-state index contributed by atoms with van der Waals surface area (Å²) < 4.78 is 13.6. The number of imidazole rings is 1. The second-order valence-electron chi connectivity index (χ2n) is 6.34. The molecular formula is C17H21N3O2S. The molecule has 2 N–H and O–H groups in total. The monoisotopic (exact) mass is 331 g/mol. The van der Waals surface area contributed by atoms with Crippen LogP contribution in [-0.4, -0.2) is 27.8 Å². The van der Waals surface area contributed by atoms with Crippen molar-refractivity contribution in [3.8, 4) is 11.5 Å². The Hall–Kier alpha value is -1.82. The maximum atomic E-state index is 5.84. The SMILES string of the molecule is NC(=S)Cn1c(C2CCCCC2)nc2cc3c(cc21)OCCO3. The van der Waals surface area contributed by atoms with E-state index in [-0.39, 0.29) is 0 Å². The molecule has 6 heteroatoms. The molecule has 4 rings (SSSR count). The molecule has 0 bridgehead atoms. The van der Waals surface area contributed by atoms with Crippen molar-refractivity contribution in [1.82, 2.24) is 9.55 Å². The number of hydrogen-bond acceptors (Lipinski definition) is 4. The first-order valence-corrected chi connectivity index (χ1v) is 8.71. The molecule has 1 aromatic heterocycles. The zero-order valence-corrected chi connectivity index (χ0v) is 13.9. The first-order valence-electron chi connectivity index (χ1n) is 8.30. The van der Waals surface area contributed by atoms with Crippen molar-refractivity contribution in [2.24, 2.45) is 5.73 Å². The Kier molecular flexibility index (Phi) is 3.85. The van der Waals surface area contributed by atoms with Crippen LogP contribution < -0.4 is 15.2 Å².